The normalized spacial score (nSPS) is 14.6. The maximum Gasteiger partial charge on any atom is 0.251 e. The number of benzene rings is 1. The van der Waals surface area contributed by atoms with Crippen LogP contribution < -0.4 is 10.2 Å². The second-order valence-electron chi connectivity index (χ2n) is 8.75. The summed E-state index contributed by atoms with van der Waals surface area (Å²) in [5.74, 6) is 0.705. The molecular formula is C25H26N6O4S. The second-order valence-corrected chi connectivity index (χ2v) is 9.72. The molecular weight excluding hydrogens is 480 g/mol. The molecule has 3 heterocycles. The molecule has 1 aromatic carbocycles. The predicted molar refractivity (Wildman–Crippen MR) is 133 cm³/mol. The van der Waals surface area contributed by atoms with Crippen molar-refractivity contribution in [2.45, 2.75) is 51.2 Å². The molecule has 3 aromatic heterocycles. The Morgan fingerprint density at radius 3 is 2.75 bits per heavy atom. The minimum Gasteiger partial charge on any atom is -0.508 e. The number of carbonyl (C=O) groups excluding carboxylic acids is 2. The lowest BCUT2D eigenvalue weighted by Gasteiger charge is -2.31. The molecule has 36 heavy (non-hydrogen) atoms. The molecule has 0 radical (unpaired) electrons. The van der Waals surface area contributed by atoms with Crippen LogP contribution in [0.1, 0.15) is 42.4 Å². The molecule has 0 saturated heterocycles. The predicted octanol–water partition coefficient (Wildman–Crippen LogP) is 3.84. The number of tetrazole rings is 1. The van der Waals surface area contributed by atoms with Crippen molar-refractivity contribution in [3.8, 4) is 17.3 Å². The maximum absolute atomic E-state index is 13.8. The number of nitrogens with zero attached hydrogens (tertiary/aromatic N) is 5. The van der Waals surface area contributed by atoms with E-state index in [0.717, 1.165) is 25.7 Å². The van der Waals surface area contributed by atoms with Gasteiger partial charge in [-0.1, -0.05) is 25.0 Å². The van der Waals surface area contributed by atoms with Crippen LogP contribution in [0.4, 0.5) is 5.69 Å². The molecule has 0 bridgehead atoms. The molecule has 1 saturated carbocycles. The Hall–Kier alpha value is -3.99. The van der Waals surface area contributed by atoms with Gasteiger partial charge < -0.3 is 14.8 Å². The summed E-state index contributed by atoms with van der Waals surface area (Å²) < 4.78 is 5.55. The van der Waals surface area contributed by atoms with Crippen LogP contribution in [0.15, 0.2) is 58.3 Å². The number of aromatic nitrogens is 4. The van der Waals surface area contributed by atoms with Crippen molar-refractivity contribution in [2.75, 3.05) is 4.90 Å². The van der Waals surface area contributed by atoms with Gasteiger partial charge in [-0.3, -0.25) is 14.5 Å². The smallest absolute Gasteiger partial charge is 0.251 e. The average molecular weight is 507 g/mol. The van der Waals surface area contributed by atoms with Gasteiger partial charge in [0.05, 0.1) is 0 Å². The third-order valence-electron chi connectivity index (χ3n) is 6.09. The van der Waals surface area contributed by atoms with Crippen molar-refractivity contribution in [3.63, 3.8) is 0 Å². The summed E-state index contributed by atoms with van der Waals surface area (Å²) in [6, 6.07) is 12.7. The zero-order valence-electron chi connectivity index (χ0n) is 19.7. The Labute approximate surface area is 211 Å². The van der Waals surface area contributed by atoms with Crippen molar-refractivity contribution in [2.24, 2.45) is 0 Å². The lowest BCUT2D eigenvalue weighted by Crippen LogP contribution is -2.47. The molecule has 4 aromatic rings. The van der Waals surface area contributed by atoms with E-state index in [9.17, 15) is 14.7 Å². The number of anilines is 1. The van der Waals surface area contributed by atoms with Gasteiger partial charge in [0.15, 0.2) is 5.76 Å². The number of rotatable bonds is 8. The quantitative estimate of drug-likeness (QED) is 0.372. The summed E-state index contributed by atoms with van der Waals surface area (Å²) in [5, 5.41) is 27.4. The van der Waals surface area contributed by atoms with Gasteiger partial charge in [0.2, 0.25) is 11.7 Å². The van der Waals surface area contributed by atoms with Gasteiger partial charge in [-0.05, 0) is 60.7 Å². The SMILES string of the molecule is Cc1ccc(-c2nnn(CC(=O)N(c3cccc(O)c3)[C@@H](C(=O)NC3CCCC3)c3cccs3)n2)o1. The summed E-state index contributed by atoms with van der Waals surface area (Å²) >= 11 is 1.39. The molecule has 1 atom stereocenters. The molecule has 0 aliphatic heterocycles. The number of phenols is 1. The molecule has 1 fully saturated rings. The van der Waals surface area contributed by atoms with E-state index < -0.39 is 11.9 Å². The van der Waals surface area contributed by atoms with Crippen LogP contribution in [0.5, 0.6) is 5.75 Å². The van der Waals surface area contributed by atoms with E-state index in [2.05, 4.69) is 20.7 Å². The lowest BCUT2D eigenvalue weighted by molar-refractivity contribution is -0.127. The van der Waals surface area contributed by atoms with Crippen molar-refractivity contribution in [1.82, 2.24) is 25.5 Å². The van der Waals surface area contributed by atoms with Gasteiger partial charge in [0.1, 0.15) is 24.1 Å². The maximum atomic E-state index is 13.8. The van der Waals surface area contributed by atoms with Gasteiger partial charge in [-0.25, -0.2) is 0 Å². The summed E-state index contributed by atoms with van der Waals surface area (Å²) in [5.41, 5.74) is 0.391. The second kappa shape index (κ2) is 10.3. The molecule has 2 N–H and O–H groups in total. The highest BCUT2D eigenvalue weighted by Crippen LogP contribution is 2.33. The van der Waals surface area contributed by atoms with Crippen molar-refractivity contribution in [3.05, 3.63) is 64.5 Å². The van der Waals surface area contributed by atoms with Crippen LogP contribution in [0.3, 0.4) is 0 Å². The van der Waals surface area contributed by atoms with Crippen LogP contribution in [0.25, 0.3) is 11.6 Å². The zero-order valence-corrected chi connectivity index (χ0v) is 20.5. The number of nitrogens with one attached hydrogen (secondary N) is 1. The topological polar surface area (TPSA) is 126 Å². The largest absolute Gasteiger partial charge is 0.508 e. The van der Waals surface area contributed by atoms with Gasteiger partial charge in [-0.2, -0.15) is 4.80 Å². The lowest BCUT2D eigenvalue weighted by atomic mass is 10.1. The van der Waals surface area contributed by atoms with Gasteiger partial charge >= 0.3 is 0 Å². The van der Waals surface area contributed by atoms with Crippen molar-refractivity contribution in [1.29, 1.82) is 0 Å². The Morgan fingerprint density at radius 2 is 2.06 bits per heavy atom. The first-order valence-corrected chi connectivity index (χ1v) is 12.7. The minimum absolute atomic E-state index is 0.0132. The van der Waals surface area contributed by atoms with Gasteiger partial charge in [0.25, 0.3) is 5.91 Å². The van der Waals surface area contributed by atoms with Crippen LogP contribution in [0, 0.1) is 6.92 Å². The highest BCUT2D eigenvalue weighted by Gasteiger charge is 2.35. The number of carbonyl (C=O) groups is 2. The average Bonchev–Trinajstić information content (AvgIpc) is 3.65. The van der Waals surface area contributed by atoms with E-state index in [4.69, 9.17) is 4.42 Å². The standard InChI is InChI=1S/C25H26N6O4S/c1-16-11-12-20(35-16)24-27-29-30(28-24)15-22(33)31(18-8-4-9-19(32)14-18)23(21-10-5-13-36-21)25(34)26-17-6-2-3-7-17/h4-5,8-14,17,23,32H,2-3,6-7,15H2,1H3,(H,26,34)/t23-/m1/s1. The van der Waals surface area contributed by atoms with Crippen molar-refractivity contribution < 1.29 is 19.1 Å². The van der Waals surface area contributed by atoms with E-state index in [1.807, 2.05) is 24.4 Å². The fourth-order valence-electron chi connectivity index (χ4n) is 4.41. The van der Waals surface area contributed by atoms with Crippen LogP contribution >= 0.6 is 11.3 Å². The molecule has 2 amide bonds. The van der Waals surface area contributed by atoms with E-state index in [1.54, 1.807) is 24.3 Å². The number of phenolic OH excluding ortho intramolecular Hbond substituents is 1. The molecule has 0 spiro atoms. The molecule has 186 valence electrons. The fourth-order valence-corrected chi connectivity index (χ4v) is 5.22. The first-order chi connectivity index (χ1) is 17.5. The highest BCUT2D eigenvalue weighted by atomic mass is 32.1. The molecule has 11 heteroatoms. The summed E-state index contributed by atoms with van der Waals surface area (Å²) in [6.07, 6.45) is 3.97. The monoisotopic (exact) mass is 506 g/mol. The first kappa shape index (κ1) is 23.7. The number of hydrogen-bond donors (Lipinski definition) is 2. The molecule has 1 aliphatic rings. The third-order valence-corrected chi connectivity index (χ3v) is 7.01. The van der Waals surface area contributed by atoms with Crippen LogP contribution in [-0.2, 0) is 16.1 Å². The van der Waals surface area contributed by atoms with Crippen molar-refractivity contribution >= 4 is 28.8 Å². The highest BCUT2D eigenvalue weighted by molar-refractivity contribution is 7.10. The molecule has 10 nitrogen and oxygen atoms in total. The van der Waals surface area contributed by atoms with Crippen LogP contribution in [-0.4, -0.2) is 43.2 Å². The number of hydrogen-bond acceptors (Lipinski definition) is 8. The summed E-state index contributed by atoms with van der Waals surface area (Å²) in [7, 11) is 0. The third kappa shape index (κ3) is 5.15. The van der Waals surface area contributed by atoms with E-state index in [1.165, 1.54) is 33.2 Å². The Kier molecular flexibility index (Phi) is 6.81. The Morgan fingerprint density at radius 1 is 1.22 bits per heavy atom. The Balaban J connectivity index is 1.47. The summed E-state index contributed by atoms with van der Waals surface area (Å²) in [4.78, 5) is 30.7. The van der Waals surface area contributed by atoms with E-state index >= 15 is 0 Å². The minimum atomic E-state index is -0.921. The molecule has 5 rings (SSSR count). The number of aryl methyl sites for hydroxylation is 1. The summed E-state index contributed by atoms with van der Waals surface area (Å²) in [6.45, 7) is 1.55. The van der Waals surface area contributed by atoms with Crippen LogP contribution in [0.2, 0.25) is 0 Å². The van der Waals surface area contributed by atoms with E-state index in [-0.39, 0.29) is 30.1 Å². The number of amides is 2. The zero-order chi connectivity index (χ0) is 25.1. The number of thiophene rings is 1. The van der Waals surface area contributed by atoms with E-state index in [0.29, 0.717) is 22.1 Å². The van der Waals surface area contributed by atoms with Gasteiger partial charge in [-0.15, -0.1) is 21.5 Å². The van der Waals surface area contributed by atoms with Gasteiger partial charge in [0, 0.05) is 22.7 Å². The Bertz CT molecular complexity index is 1340. The molecule has 0 unspecified atom stereocenters. The fraction of sp³-hybridized carbons (Fsp3) is 0.320. The number of aromatic hydroxyl groups is 1. The molecule has 1 aliphatic carbocycles. The first-order valence-electron chi connectivity index (χ1n) is 11.8. The number of furan rings is 1.